The van der Waals surface area contributed by atoms with Crippen molar-refractivity contribution in [3.63, 3.8) is 0 Å². The van der Waals surface area contributed by atoms with E-state index >= 15 is 0 Å². The van der Waals surface area contributed by atoms with E-state index in [0.717, 1.165) is 49.4 Å². The van der Waals surface area contributed by atoms with Gasteiger partial charge in [-0.2, -0.15) is 0 Å². The minimum Gasteiger partial charge on any atom is -0.481 e. The van der Waals surface area contributed by atoms with Gasteiger partial charge in [0, 0.05) is 12.8 Å². The van der Waals surface area contributed by atoms with Gasteiger partial charge in [0.15, 0.2) is 0 Å². The van der Waals surface area contributed by atoms with Crippen LogP contribution in [0.4, 0.5) is 0 Å². The number of hydrogen-bond acceptors (Lipinski definition) is 2. The van der Waals surface area contributed by atoms with Gasteiger partial charge in [-0.1, -0.05) is 140 Å². The van der Waals surface area contributed by atoms with Crippen molar-refractivity contribution in [3.8, 4) is 0 Å². The average Bonchev–Trinajstić information content (AvgIpc) is 3.72. The van der Waals surface area contributed by atoms with Crippen LogP contribution >= 0.6 is 0 Å². The highest BCUT2D eigenvalue weighted by atomic mass is 16.4. The zero-order valence-corrected chi connectivity index (χ0v) is 31.4. The van der Waals surface area contributed by atoms with E-state index in [4.69, 9.17) is 10.2 Å². The Hall–Kier alpha value is -2.10. The third-order valence-corrected chi connectivity index (χ3v) is 10.4. The first kappa shape index (κ1) is 43.9. The molecule has 0 heterocycles. The predicted molar refractivity (Wildman–Crippen MR) is 206 cm³/mol. The van der Waals surface area contributed by atoms with Crippen molar-refractivity contribution in [2.45, 2.75) is 194 Å². The van der Waals surface area contributed by atoms with Gasteiger partial charge in [-0.25, -0.2) is 0 Å². The van der Waals surface area contributed by atoms with Crippen molar-refractivity contribution in [3.05, 3.63) is 48.6 Å². The van der Waals surface area contributed by atoms with Gasteiger partial charge >= 0.3 is 11.9 Å². The summed E-state index contributed by atoms with van der Waals surface area (Å²) in [5, 5.41) is 17.2. The van der Waals surface area contributed by atoms with Crippen LogP contribution < -0.4 is 0 Å². The lowest BCUT2D eigenvalue weighted by Gasteiger charge is -2.14. The summed E-state index contributed by atoms with van der Waals surface area (Å²) in [6, 6.07) is 0. The Balaban J connectivity index is 0.000000480. The zero-order chi connectivity index (χ0) is 34.9. The topological polar surface area (TPSA) is 74.6 Å². The molecule has 0 radical (unpaired) electrons. The molecule has 0 amide bonds. The Morgan fingerprint density at radius 1 is 0.479 bits per heavy atom. The molecule has 0 bridgehead atoms. The van der Waals surface area contributed by atoms with Crippen LogP contribution in [-0.4, -0.2) is 22.2 Å². The number of aliphatic carboxylic acids is 2. The normalized spacial score (nSPS) is 21.2. The Labute approximate surface area is 297 Å². The van der Waals surface area contributed by atoms with Gasteiger partial charge in [-0.15, -0.1) is 0 Å². The van der Waals surface area contributed by atoms with E-state index in [9.17, 15) is 9.59 Å². The van der Waals surface area contributed by atoms with E-state index in [2.05, 4.69) is 62.5 Å². The average molecular weight is 669 g/mol. The summed E-state index contributed by atoms with van der Waals surface area (Å²) in [7, 11) is 0. The minimum absolute atomic E-state index is 0.289. The van der Waals surface area contributed by atoms with Gasteiger partial charge in [-0.3, -0.25) is 9.59 Å². The van der Waals surface area contributed by atoms with Gasteiger partial charge in [0.25, 0.3) is 0 Å². The molecule has 2 fully saturated rings. The quantitative estimate of drug-likeness (QED) is 0.0642. The lowest BCUT2D eigenvalue weighted by molar-refractivity contribution is -0.138. The van der Waals surface area contributed by atoms with Gasteiger partial charge in [0.05, 0.1) is 0 Å². The van der Waals surface area contributed by atoms with E-state index in [0.29, 0.717) is 0 Å². The Bertz CT molecular complexity index is 812. The molecule has 2 N–H and O–H groups in total. The van der Waals surface area contributed by atoms with Crippen LogP contribution in [0.2, 0.25) is 0 Å². The van der Waals surface area contributed by atoms with Crippen molar-refractivity contribution < 1.29 is 19.8 Å². The van der Waals surface area contributed by atoms with E-state index in [1.807, 2.05) is 0 Å². The van der Waals surface area contributed by atoms with Crippen molar-refractivity contribution in [2.24, 2.45) is 23.7 Å². The summed E-state index contributed by atoms with van der Waals surface area (Å²) in [4.78, 5) is 20.9. The van der Waals surface area contributed by atoms with E-state index in [1.54, 1.807) is 0 Å². The second-order valence-electron chi connectivity index (χ2n) is 14.7. The van der Waals surface area contributed by atoms with Crippen LogP contribution in [0.25, 0.3) is 0 Å². The molecule has 276 valence electrons. The Kier molecular flexibility index (Phi) is 29.4. The van der Waals surface area contributed by atoms with Crippen LogP contribution in [0.1, 0.15) is 194 Å². The largest absolute Gasteiger partial charge is 0.481 e. The third kappa shape index (κ3) is 25.9. The maximum absolute atomic E-state index is 10.5. The molecule has 0 unspecified atom stereocenters. The number of allylic oxidation sites excluding steroid dienone is 8. The molecule has 2 rings (SSSR count). The standard InChI is InChI=1S/2C22H38O2/c2*1-2-3-4-5-6-7-8-11-15-20-17-14-18-21(20)16-12-9-10-13-19-22(23)24/h2*9,11-12,15,20-21H,2-8,10,13-14,16-19H2,1H3,(H,23,24)/b12-9-,15-11+;/t2*20-,21-/m00/s1. The number of hydrogen-bond donors (Lipinski definition) is 2. The van der Waals surface area contributed by atoms with Crippen molar-refractivity contribution >= 4 is 11.9 Å². The zero-order valence-electron chi connectivity index (χ0n) is 31.4. The Morgan fingerprint density at radius 2 is 0.854 bits per heavy atom. The van der Waals surface area contributed by atoms with Crippen LogP contribution in [0.5, 0.6) is 0 Å². The summed E-state index contributed by atoms with van der Waals surface area (Å²) in [5.74, 6) is 1.79. The molecule has 4 heteroatoms. The number of carbonyl (C=O) groups is 2. The van der Waals surface area contributed by atoms with E-state index in [1.165, 1.54) is 141 Å². The molecule has 2 aliphatic carbocycles. The van der Waals surface area contributed by atoms with Gasteiger partial charge in [0.2, 0.25) is 0 Å². The van der Waals surface area contributed by atoms with Crippen molar-refractivity contribution in [1.29, 1.82) is 0 Å². The highest BCUT2D eigenvalue weighted by Gasteiger charge is 2.24. The molecule has 0 aromatic rings. The first-order valence-corrected chi connectivity index (χ1v) is 20.5. The lowest BCUT2D eigenvalue weighted by atomic mass is 9.92. The summed E-state index contributed by atoms with van der Waals surface area (Å²) in [5.41, 5.74) is 0. The van der Waals surface area contributed by atoms with Gasteiger partial charge in [-0.05, 0) is 114 Å². The highest BCUT2D eigenvalue weighted by molar-refractivity contribution is 5.66. The molecule has 2 saturated carbocycles. The van der Waals surface area contributed by atoms with Crippen LogP contribution in [0.15, 0.2) is 48.6 Å². The second-order valence-corrected chi connectivity index (χ2v) is 14.7. The van der Waals surface area contributed by atoms with Crippen molar-refractivity contribution in [2.75, 3.05) is 0 Å². The second kappa shape index (κ2) is 32.1. The lowest BCUT2D eigenvalue weighted by Crippen LogP contribution is -2.03. The van der Waals surface area contributed by atoms with Gasteiger partial charge in [0.1, 0.15) is 0 Å². The fourth-order valence-corrected chi connectivity index (χ4v) is 7.37. The summed E-state index contributed by atoms with van der Waals surface area (Å²) in [6.45, 7) is 4.54. The number of rotatable bonds is 28. The molecule has 48 heavy (non-hydrogen) atoms. The maximum atomic E-state index is 10.5. The highest BCUT2D eigenvalue weighted by Crippen LogP contribution is 2.36. The third-order valence-electron chi connectivity index (χ3n) is 10.4. The molecule has 0 spiro atoms. The molecule has 0 aromatic heterocycles. The van der Waals surface area contributed by atoms with Crippen molar-refractivity contribution in [1.82, 2.24) is 0 Å². The van der Waals surface area contributed by atoms with Gasteiger partial charge < -0.3 is 10.2 Å². The van der Waals surface area contributed by atoms with E-state index < -0.39 is 11.9 Å². The fourth-order valence-electron chi connectivity index (χ4n) is 7.37. The number of carboxylic acid groups (broad SMARTS) is 2. The van der Waals surface area contributed by atoms with Crippen LogP contribution in [-0.2, 0) is 9.59 Å². The molecular formula is C44H76O4. The monoisotopic (exact) mass is 669 g/mol. The van der Waals surface area contributed by atoms with Crippen LogP contribution in [0, 0.1) is 23.7 Å². The molecule has 0 saturated heterocycles. The number of carboxylic acids is 2. The summed E-state index contributed by atoms with van der Waals surface area (Å²) >= 11 is 0. The molecule has 0 aromatic carbocycles. The molecular weight excluding hydrogens is 592 g/mol. The number of unbranched alkanes of at least 4 members (excludes halogenated alkanes) is 14. The summed E-state index contributed by atoms with van der Waals surface area (Å²) in [6.07, 6.45) is 52.2. The Morgan fingerprint density at radius 3 is 1.25 bits per heavy atom. The first-order valence-electron chi connectivity index (χ1n) is 20.5. The SMILES string of the molecule is CCCCCCCC/C=C/[C@H]1CCC[C@@H]1C/C=C\CCCC(=O)O.CCCCCCCCC=C[C@H]1CCC[C@@H]1CC=CCCCC(=O)O. The minimum atomic E-state index is -0.685. The molecule has 0 aliphatic heterocycles. The molecule has 4 nitrogen and oxygen atoms in total. The predicted octanol–water partition coefficient (Wildman–Crippen LogP) is 13.8. The van der Waals surface area contributed by atoms with Crippen LogP contribution in [0.3, 0.4) is 0 Å². The fraction of sp³-hybridized carbons (Fsp3) is 0.773. The van der Waals surface area contributed by atoms with E-state index in [-0.39, 0.29) is 12.8 Å². The first-order chi connectivity index (χ1) is 23.5. The maximum Gasteiger partial charge on any atom is 0.303 e. The molecule has 2 aliphatic rings. The smallest absolute Gasteiger partial charge is 0.303 e. The summed E-state index contributed by atoms with van der Waals surface area (Å²) < 4.78 is 0. The molecule has 4 atom stereocenters.